The van der Waals surface area contributed by atoms with Crippen LogP contribution in [0.4, 0.5) is 4.39 Å². The van der Waals surface area contributed by atoms with E-state index in [4.69, 9.17) is 0 Å². The van der Waals surface area contributed by atoms with E-state index in [0.29, 0.717) is 24.0 Å². The molecule has 0 aliphatic carbocycles. The minimum absolute atomic E-state index is 0.0186. The van der Waals surface area contributed by atoms with E-state index < -0.39 is 29.7 Å². The largest absolute Gasteiger partial charge is 0.329 e. The van der Waals surface area contributed by atoms with Crippen molar-refractivity contribution in [3.05, 3.63) is 68.9 Å². The summed E-state index contributed by atoms with van der Waals surface area (Å²) in [7, 11) is 1.72. The molecule has 3 aliphatic rings. The number of nitrogens with one attached hydrogen (secondary N) is 2. The Bertz CT molecular complexity index is 1820. The van der Waals surface area contributed by atoms with Crippen LogP contribution >= 0.6 is 0 Å². The van der Waals surface area contributed by atoms with E-state index in [9.17, 15) is 33.2 Å². The molecule has 5 amide bonds. The normalized spacial score (nSPS) is 19.2. The smallest absolute Gasteiger partial charge is 0.322 e. The lowest BCUT2D eigenvalue weighted by Crippen LogP contribution is -2.52. The number of aromatic nitrogens is 2. The summed E-state index contributed by atoms with van der Waals surface area (Å²) in [4.78, 5) is 73.1. The van der Waals surface area contributed by atoms with Gasteiger partial charge in [0.2, 0.25) is 23.6 Å². The van der Waals surface area contributed by atoms with Gasteiger partial charge in [-0.15, -0.1) is 0 Å². The zero-order valence-electron chi connectivity index (χ0n) is 29.0. The summed E-state index contributed by atoms with van der Waals surface area (Å²) in [5.41, 5.74) is 4.06. The Hall–Kier alpha value is -4.61. The number of nitrogens with zero attached hydrogens (tertiary/aromatic N) is 3. The molecule has 0 spiro atoms. The number of fused-ring (bicyclic) bond motifs is 2. The Kier molecular flexibility index (Phi) is 11.1. The number of hydrogen-bond acceptors (Lipinski definition) is 6. The SMILES string of the molecule is CC(C)C.CC(C)c1cc2c(cc1F)C(=O)N(C1CCC(=O)NC1=O)C2.CC(C)c1cccc2c1n(C)c(=O)n2C1CCC(=O)NC1=O. The molecule has 3 aromatic rings. The number of carbonyl (C=O) groups is 5. The van der Waals surface area contributed by atoms with Gasteiger partial charge in [0, 0.05) is 32.0 Å². The fourth-order valence-electron chi connectivity index (χ4n) is 6.22. The summed E-state index contributed by atoms with van der Waals surface area (Å²) >= 11 is 0. The van der Waals surface area contributed by atoms with E-state index in [2.05, 4.69) is 45.3 Å². The van der Waals surface area contributed by atoms with E-state index in [1.165, 1.54) is 15.5 Å². The summed E-state index contributed by atoms with van der Waals surface area (Å²) in [6, 6.07) is 7.44. The zero-order chi connectivity index (χ0) is 35.6. The van der Waals surface area contributed by atoms with Crippen LogP contribution in [0.5, 0.6) is 0 Å². The van der Waals surface area contributed by atoms with Gasteiger partial charge in [-0.3, -0.25) is 43.7 Å². The van der Waals surface area contributed by atoms with Gasteiger partial charge >= 0.3 is 5.69 Å². The van der Waals surface area contributed by atoms with Gasteiger partial charge in [0.25, 0.3) is 5.91 Å². The van der Waals surface area contributed by atoms with Crippen LogP contribution in [-0.2, 0) is 32.8 Å². The van der Waals surface area contributed by atoms with Gasteiger partial charge in [-0.25, -0.2) is 9.18 Å². The van der Waals surface area contributed by atoms with E-state index in [1.54, 1.807) is 17.7 Å². The highest BCUT2D eigenvalue weighted by molar-refractivity contribution is 6.05. The first kappa shape index (κ1) is 36.2. The maximum Gasteiger partial charge on any atom is 0.329 e. The molecule has 2 N–H and O–H groups in total. The second-order valence-electron chi connectivity index (χ2n) is 13.9. The van der Waals surface area contributed by atoms with E-state index in [-0.39, 0.29) is 54.6 Å². The molecule has 4 heterocycles. The molecule has 2 aromatic carbocycles. The van der Waals surface area contributed by atoms with Crippen LogP contribution in [0.2, 0.25) is 0 Å². The molecule has 0 radical (unpaired) electrons. The van der Waals surface area contributed by atoms with Crippen LogP contribution in [0.1, 0.15) is 119 Å². The maximum atomic E-state index is 14.1. The van der Waals surface area contributed by atoms with Crippen molar-refractivity contribution in [3.8, 4) is 0 Å². The van der Waals surface area contributed by atoms with Gasteiger partial charge in [-0.05, 0) is 59.4 Å². The molecular weight excluding hydrogens is 617 g/mol. The molecule has 258 valence electrons. The van der Waals surface area contributed by atoms with Crippen molar-refractivity contribution in [3.63, 3.8) is 0 Å². The van der Waals surface area contributed by atoms with Gasteiger partial charge in [0.15, 0.2) is 0 Å². The van der Waals surface area contributed by atoms with Crippen LogP contribution in [0, 0.1) is 11.7 Å². The molecule has 0 bridgehead atoms. The molecule has 2 saturated heterocycles. The highest BCUT2D eigenvalue weighted by Crippen LogP contribution is 2.32. The second-order valence-corrected chi connectivity index (χ2v) is 13.9. The van der Waals surface area contributed by atoms with Gasteiger partial charge < -0.3 is 4.90 Å². The van der Waals surface area contributed by atoms with E-state index in [1.807, 2.05) is 32.0 Å². The molecule has 6 rings (SSSR count). The minimum Gasteiger partial charge on any atom is -0.322 e. The quantitative estimate of drug-likeness (QED) is 0.384. The number of imidazole rings is 1. The number of piperidine rings is 2. The Morgan fingerprint density at radius 2 is 1.31 bits per heavy atom. The first-order valence-electron chi connectivity index (χ1n) is 16.5. The number of halogens is 1. The van der Waals surface area contributed by atoms with Crippen molar-refractivity contribution in [2.45, 2.75) is 105 Å². The van der Waals surface area contributed by atoms with Gasteiger partial charge in [0.1, 0.15) is 17.9 Å². The Morgan fingerprint density at radius 1 is 0.771 bits per heavy atom. The van der Waals surface area contributed by atoms with Crippen molar-refractivity contribution in [1.29, 1.82) is 0 Å². The Balaban J connectivity index is 0.000000195. The lowest BCUT2D eigenvalue weighted by Gasteiger charge is -2.29. The molecular formula is C36H46FN5O6. The third-order valence-electron chi connectivity index (χ3n) is 8.54. The molecule has 2 fully saturated rings. The van der Waals surface area contributed by atoms with E-state index in [0.717, 1.165) is 28.1 Å². The third-order valence-corrected chi connectivity index (χ3v) is 8.54. The number of imide groups is 2. The topological polar surface area (TPSA) is 140 Å². The van der Waals surface area contributed by atoms with E-state index >= 15 is 0 Å². The zero-order valence-corrected chi connectivity index (χ0v) is 29.0. The fraction of sp³-hybridized carbons (Fsp3) is 0.500. The van der Waals surface area contributed by atoms with Crippen LogP contribution < -0.4 is 16.3 Å². The molecule has 1 aromatic heterocycles. The molecule has 12 heteroatoms. The molecule has 48 heavy (non-hydrogen) atoms. The Morgan fingerprint density at radius 3 is 1.83 bits per heavy atom. The van der Waals surface area contributed by atoms with Crippen LogP contribution in [0.3, 0.4) is 0 Å². The standard InChI is InChI=1S/C16H17FN2O3.C16H19N3O3.C4H10/c1-8(2)10-5-9-7-19(16(22)11(9)6-12(10)17)13-3-4-14(20)18-15(13)21;1-9(2)10-5-4-6-11-14(10)18(3)16(22)19(11)12-7-8-13(20)17-15(12)21;1-4(2)3/h5-6,8,13H,3-4,7H2,1-2H3,(H,18,20,21);4-6,9,12H,7-8H2,1-3H3,(H,17,20,21);4H,1-3H3. The van der Waals surface area contributed by atoms with Crippen molar-refractivity contribution in [2.75, 3.05) is 0 Å². The summed E-state index contributed by atoms with van der Waals surface area (Å²) in [6.07, 6.45) is 1.13. The molecule has 0 saturated carbocycles. The number of amides is 5. The highest BCUT2D eigenvalue weighted by atomic mass is 19.1. The lowest BCUT2D eigenvalue weighted by molar-refractivity contribution is -0.138. The predicted octanol–water partition coefficient (Wildman–Crippen LogP) is 4.81. The lowest BCUT2D eigenvalue weighted by atomic mass is 9.98. The number of hydrogen-bond donors (Lipinski definition) is 2. The summed E-state index contributed by atoms with van der Waals surface area (Å²) in [6.45, 7) is 14.7. The third kappa shape index (κ3) is 7.42. The molecule has 2 atom stereocenters. The van der Waals surface area contributed by atoms with Crippen molar-refractivity contribution >= 4 is 40.6 Å². The number of aryl methyl sites for hydroxylation is 1. The first-order valence-corrected chi connectivity index (χ1v) is 16.5. The fourth-order valence-corrected chi connectivity index (χ4v) is 6.22. The number of benzene rings is 2. The second kappa shape index (κ2) is 14.7. The first-order chi connectivity index (χ1) is 22.5. The average Bonchev–Trinajstić information content (AvgIpc) is 3.44. The van der Waals surface area contributed by atoms with Crippen molar-refractivity contribution in [2.24, 2.45) is 13.0 Å². The molecule has 11 nitrogen and oxygen atoms in total. The summed E-state index contributed by atoms with van der Waals surface area (Å²) in [5, 5.41) is 4.57. The van der Waals surface area contributed by atoms with Crippen LogP contribution in [0.15, 0.2) is 35.1 Å². The molecule has 3 aliphatic heterocycles. The van der Waals surface area contributed by atoms with Crippen molar-refractivity contribution in [1.82, 2.24) is 24.7 Å². The monoisotopic (exact) mass is 663 g/mol. The number of rotatable bonds is 4. The highest BCUT2D eigenvalue weighted by Gasteiger charge is 2.39. The van der Waals surface area contributed by atoms with Crippen LogP contribution in [-0.4, -0.2) is 49.6 Å². The van der Waals surface area contributed by atoms with Gasteiger partial charge in [0.05, 0.1) is 11.0 Å². The number of carbonyl (C=O) groups excluding carboxylic acids is 5. The average molecular weight is 664 g/mol. The Labute approximate surface area is 279 Å². The number of para-hydroxylation sites is 1. The van der Waals surface area contributed by atoms with Crippen molar-refractivity contribution < 1.29 is 28.4 Å². The summed E-state index contributed by atoms with van der Waals surface area (Å²) in [5.74, 6) is -1.08. The summed E-state index contributed by atoms with van der Waals surface area (Å²) < 4.78 is 17.2. The predicted molar refractivity (Wildman–Crippen MR) is 180 cm³/mol. The molecule has 2 unspecified atom stereocenters. The van der Waals surface area contributed by atoms with Gasteiger partial charge in [-0.2, -0.15) is 0 Å². The maximum absolute atomic E-state index is 14.1. The van der Waals surface area contributed by atoms with Crippen LogP contribution in [0.25, 0.3) is 11.0 Å². The minimum atomic E-state index is -0.664. The van der Waals surface area contributed by atoms with Gasteiger partial charge in [-0.1, -0.05) is 66.7 Å².